The number of hydrogen-bond acceptors (Lipinski definition) is 3. The monoisotopic (exact) mass is 246 g/mol. The zero-order valence-electron chi connectivity index (χ0n) is 10.5. The molecule has 0 atom stereocenters. The SMILES string of the molecule is Cc1ccc2c(c1)nc(N)n2CCCCC(N)=O. The number of imidazole rings is 1. The summed E-state index contributed by atoms with van der Waals surface area (Å²) in [6.07, 6.45) is 2.07. The quantitative estimate of drug-likeness (QED) is 0.785. The molecule has 18 heavy (non-hydrogen) atoms. The Morgan fingerprint density at radius 1 is 1.39 bits per heavy atom. The fraction of sp³-hybridized carbons (Fsp3) is 0.385. The maximum atomic E-state index is 10.7. The Hall–Kier alpha value is -2.04. The van der Waals surface area contributed by atoms with E-state index in [-0.39, 0.29) is 5.91 Å². The number of primary amides is 1. The number of nitrogens with two attached hydrogens (primary N) is 2. The largest absolute Gasteiger partial charge is 0.370 e. The first-order chi connectivity index (χ1) is 8.58. The highest BCUT2D eigenvalue weighted by Crippen LogP contribution is 2.19. The zero-order chi connectivity index (χ0) is 13.1. The molecule has 0 bridgehead atoms. The van der Waals surface area contributed by atoms with Crippen LogP contribution in [0.15, 0.2) is 18.2 Å². The van der Waals surface area contributed by atoms with E-state index >= 15 is 0 Å². The van der Waals surface area contributed by atoms with Crippen molar-refractivity contribution < 1.29 is 4.79 Å². The second-order valence-corrected chi connectivity index (χ2v) is 4.54. The van der Waals surface area contributed by atoms with Crippen LogP contribution in [0.5, 0.6) is 0 Å². The lowest BCUT2D eigenvalue weighted by Gasteiger charge is -2.05. The van der Waals surface area contributed by atoms with E-state index in [2.05, 4.69) is 4.98 Å². The molecule has 96 valence electrons. The lowest BCUT2D eigenvalue weighted by molar-refractivity contribution is -0.118. The van der Waals surface area contributed by atoms with E-state index in [1.165, 1.54) is 5.56 Å². The minimum absolute atomic E-state index is 0.255. The van der Waals surface area contributed by atoms with Crippen LogP contribution in [0.25, 0.3) is 11.0 Å². The number of carbonyl (C=O) groups excluding carboxylic acids is 1. The minimum Gasteiger partial charge on any atom is -0.370 e. The minimum atomic E-state index is -0.255. The van der Waals surface area contributed by atoms with Gasteiger partial charge in [-0.05, 0) is 37.5 Å². The van der Waals surface area contributed by atoms with E-state index in [0.717, 1.165) is 30.4 Å². The second kappa shape index (κ2) is 5.08. The molecule has 1 amide bonds. The van der Waals surface area contributed by atoms with Crippen LogP contribution in [-0.2, 0) is 11.3 Å². The molecule has 5 heteroatoms. The Bertz CT molecular complexity index is 574. The number of amides is 1. The van der Waals surface area contributed by atoms with E-state index < -0.39 is 0 Å². The van der Waals surface area contributed by atoms with Gasteiger partial charge in [-0.3, -0.25) is 4.79 Å². The van der Waals surface area contributed by atoms with Gasteiger partial charge in [0.15, 0.2) is 0 Å². The van der Waals surface area contributed by atoms with Crippen molar-refractivity contribution >= 4 is 22.9 Å². The number of hydrogen-bond donors (Lipinski definition) is 2. The molecule has 0 aliphatic heterocycles. The van der Waals surface area contributed by atoms with Gasteiger partial charge in [-0.2, -0.15) is 0 Å². The second-order valence-electron chi connectivity index (χ2n) is 4.54. The molecule has 0 saturated carbocycles. The van der Waals surface area contributed by atoms with Gasteiger partial charge < -0.3 is 16.0 Å². The zero-order valence-corrected chi connectivity index (χ0v) is 10.5. The molecule has 0 aliphatic rings. The fourth-order valence-electron chi connectivity index (χ4n) is 2.06. The third kappa shape index (κ3) is 2.61. The molecule has 1 aromatic heterocycles. The van der Waals surface area contributed by atoms with E-state index in [0.29, 0.717) is 12.4 Å². The molecule has 1 aromatic carbocycles. The summed E-state index contributed by atoms with van der Waals surface area (Å²) in [4.78, 5) is 15.0. The molecule has 0 fully saturated rings. The van der Waals surface area contributed by atoms with Gasteiger partial charge in [-0.15, -0.1) is 0 Å². The van der Waals surface area contributed by atoms with Crippen LogP contribution in [0.4, 0.5) is 5.95 Å². The van der Waals surface area contributed by atoms with Crippen molar-refractivity contribution in [1.29, 1.82) is 0 Å². The van der Waals surface area contributed by atoms with E-state index in [9.17, 15) is 4.79 Å². The maximum absolute atomic E-state index is 10.7. The predicted octanol–water partition coefficient (Wildman–Crippen LogP) is 1.58. The fourth-order valence-corrected chi connectivity index (χ4v) is 2.06. The number of fused-ring (bicyclic) bond motifs is 1. The highest BCUT2D eigenvalue weighted by Gasteiger charge is 2.07. The smallest absolute Gasteiger partial charge is 0.217 e. The van der Waals surface area contributed by atoms with Crippen LogP contribution in [-0.4, -0.2) is 15.5 Å². The topological polar surface area (TPSA) is 86.9 Å². The van der Waals surface area contributed by atoms with Crippen LogP contribution in [0.3, 0.4) is 0 Å². The highest BCUT2D eigenvalue weighted by molar-refractivity contribution is 5.79. The van der Waals surface area contributed by atoms with Gasteiger partial charge in [0.05, 0.1) is 11.0 Å². The lowest BCUT2D eigenvalue weighted by atomic mass is 10.2. The maximum Gasteiger partial charge on any atom is 0.217 e. The summed E-state index contributed by atoms with van der Waals surface area (Å²) in [6.45, 7) is 2.79. The highest BCUT2D eigenvalue weighted by atomic mass is 16.1. The number of rotatable bonds is 5. The summed E-state index contributed by atoms with van der Waals surface area (Å²) in [6, 6.07) is 6.09. The molecule has 5 nitrogen and oxygen atoms in total. The number of nitrogen functional groups attached to an aromatic ring is 1. The Balaban J connectivity index is 2.12. The number of anilines is 1. The van der Waals surface area contributed by atoms with Crippen molar-refractivity contribution in [2.75, 3.05) is 5.73 Å². The van der Waals surface area contributed by atoms with E-state index in [4.69, 9.17) is 11.5 Å². The lowest BCUT2D eigenvalue weighted by Crippen LogP contribution is -2.10. The summed E-state index contributed by atoms with van der Waals surface area (Å²) < 4.78 is 1.98. The summed E-state index contributed by atoms with van der Waals surface area (Å²) in [7, 11) is 0. The third-order valence-electron chi connectivity index (χ3n) is 2.99. The van der Waals surface area contributed by atoms with Crippen molar-refractivity contribution in [3.05, 3.63) is 23.8 Å². The summed E-state index contributed by atoms with van der Waals surface area (Å²) in [5, 5.41) is 0. The van der Waals surface area contributed by atoms with Crippen molar-refractivity contribution in [3.8, 4) is 0 Å². The van der Waals surface area contributed by atoms with Crippen LogP contribution < -0.4 is 11.5 Å². The Kier molecular flexibility index (Phi) is 3.50. The molecule has 0 spiro atoms. The molecule has 0 unspecified atom stereocenters. The van der Waals surface area contributed by atoms with Gasteiger partial charge in [0.25, 0.3) is 0 Å². The predicted molar refractivity (Wildman–Crippen MR) is 71.9 cm³/mol. The molecule has 1 heterocycles. The number of benzene rings is 1. The van der Waals surface area contributed by atoms with Gasteiger partial charge in [-0.25, -0.2) is 4.98 Å². The molecular weight excluding hydrogens is 228 g/mol. The number of aryl methyl sites for hydroxylation is 2. The van der Waals surface area contributed by atoms with E-state index in [1.807, 2.05) is 29.7 Å². The van der Waals surface area contributed by atoms with Crippen LogP contribution in [0.1, 0.15) is 24.8 Å². The number of aromatic nitrogens is 2. The van der Waals surface area contributed by atoms with Crippen molar-refractivity contribution in [1.82, 2.24) is 9.55 Å². The Morgan fingerprint density at radius 3 is 2.89 bits per heavy atom. The third-order valence-corrected chi connectivity index (χ3v) is 2.99. The first kappa shape index (κ1) is 12.4. The van der Waals surface area contributed by atoms with Crippen LogP contribution >= 0.6 is 0 Å². The molecule has 0 saturated heterocycles. The van der Waals surface area contributed by atoms with E-state index in [1.54, 1.807) is 0 Å². The normalized spacial score (nSPS) is 10.9. The van der Waals surface area contributed by atoms with Crippen molar-refractivity contribution in [2.24, 2.45) is 5.73 Å². The Labute approximate surface area is 106 Å². The molecule has 0 radical (unpaired) electrons. The summed E-state index contributed by atoms with van der Waals surface area (Å²) in [5.74, 6) is 0.267. The first-order valence-electron chi connectivity index (χ1n) is 6.08. The van der Waals surface area contributed by atoms with Crippen molar-refractivity contribution in [3.63, 3.8) is 0 Å². The summed E-state index contributed by atoms with van der Waals surface area (Å²) in [5.41, 5.74) is 14.1. The molecule has 2 rings (SSSR count). The number of unbranched alkanes of at least 4 members (excludes halogenated alkanes) is 1. The van der Waals surface area contributed by atoms with Gasteiger partial charge in [0, 0.05) is 13.0 Å². The van der Waals surface area contributed by atoms with Crippen LogP contribution in [0, 0.1) is 6.92 Å². The van der Waals surface area contributed by atoms with Crippen LogP contribution in [0.2, 0.25) is 0 Å². The average molecular weight is 246 g/mol. The number of nitrogens with zero attached hydrogens (tertiary/aromatic N) is 2. The Morgan fingerprint density at radius 2 is 2.17 bits per heavy atom. The molecular formula is C13H18N4O. The van der Waals surface area contributed by atoms with Gasteiger partial charge in [0.1, 0.15) is 0 Å². The van der Waals surface area contributed by atoms with Gasteiger partial charge in [-0.1, -0.05) is 6.07 Å². The van der Waals surface area contributed by atoms with Gasteiger partial charge in [0.2, 0.25) is 11.9 Å². The number of carbonyl (C=O) groups is 1. The van der Waals surface area contributed by atoms with Gasteiger partial charge >= 0.3 is 0 Å². The average Bonchev–Trinajstić information content (AvgIpc) is 2.59. The molecule has 0 aliphatic carbocycles. The summed E-state index contributed by atoms with van der Waals surface area (Å²) >= 11 is 0. The van der Waals surface area contributed by atoms with Crippen molar-refractivity contribution in [2.45, 2.75) is 32.7 Å². The molecule has 2 aromatic rings. The standard InChI is InChI=1S/C13H18N4O/c1-9-5-6-11-10(8-9)16-13(15)17(11)7-3-2-4-12(14)18/h5-6,8H,2-4,7H2,1H3,(H2,14,18)(H2,15,16). The molecule has 4 N–H and O–H groups in total. The first-order valence-corrected chi connectivity index (χ1v) is 6.08.